The fraction of sp³-hybridized carbons (Fsp3) is 0.381. The van der Waals surface area contributed by atoms with Gasteiger partial charge < -0.3 is 4.74 Å². The summed E-state index contributed by atoms with van der Waals surface area (Å²) in [6.07, 6.45) is 1.63. The van der Waals surface area contributed by atoms with E-state index in [-0.39, 0.29) is 11.4 Å². The molecule has 128 valence electrons. The molecule has 2 aromatic carbocycles. The third-order valence-electron chi connectivity index (χ3n) is 5.36. The molecule has 0 fully saturated rings. The van der Waals surface area contributed by atoms with Crippen molar-refractivity contribution in [3.05, 3.63) is 70.2 Å². The van der Waals surface area contributed by atoms with Gasteiger partial charge >= 0.3 is 5.97 Å². The monoisotopic (exact) mass is 388 g/mol. The van der Waals surface area contributed by atoms with Crippen LogP contribution in [0.15, 0.2) is 59.1 Å². The van der Waals surface area contributed by atoms with Crippen molar-refractivity contribution in [1.82, 2.24) is 0 Å². The highest BCUT2D eigenvalue weighted by Crippen LogP contribution is 2.43. The molecule has 24 heavy (non-hydrogen) atoms. The largest absolute Gasteiger partial charge is 0.455 e. The Bertz CT molecular complexity index is 681. The Morgan fingerprint density at radius 2 is 1.54 bits per heavy atom. The predicted molar refractivity (Wildman–Crippen MR) is 102 cm³/mol. The van der Waals surface area contributed by atoms with Crippen molar-refractivity contribution in [1.29, 1.82) is 0 Å². The van der Waals surface area contributed by atoms with E-state index in [9.17, 15) is 4.79 Å². The number of hydrogen-bond acceptors (Lipinski definition) is 2. The molecular formula is C21H25BrO2. The van der Waals surface area contributed by atoms with Gasteiger partial charge in [-0.15, -0.1) is 0 Å². The minimum atomic E-state index is -0.590. The normalized spacial score (nSPS) is 16.0. The van der Waals surface area contributed by atoms with Crippen molar-refractivity contribution in [3.8, 4) is 0 Å². The van der Waals surface area contributed by atoms with E-state index >= 15 is 0 Å². The van der Waals surface area contributed by atoms with E-state index in [4.69, 9.17) is 4.74 Å². The molecule has 0 amide bonds. The lowest BCUT2D eigenvalue weighted by atomic mass is 9.66. The Kier molecular flexibility index (Phi) is 5.87. The molecule has 0 bridgehead atoms. The minimum absolute atomic E-state index is 0.256. The Morgan fingerprint density at radius 1 is 0.958 bits per heavy atom. The zero-order chi connectivity index (χ0) is 17.8. The Hall–Kier alpha value is -1.61. The predicted octanol–water partition coefficient (Wildman–Crippen LogP) is 6.14. The van der Waals surface area contributed by atoms with Gasteiger partial charge in [0, 0.05) is 9.89 Å². The van der Waals surface area contributed by atoms with E-state index in [1.54, 1.807) is 12.1 Å². The maximum Gasteiger partial charge on any atom is 0.338 e. The molecule has 0 aliphatic heterocycles. The van der Waals surface area contributed by atoms with Gasteiger partial charge in [-0.3, -0.25) is 0 Å². The van der Waals surface area contributed by atoms with Crippen molar-refractivity contribution in [2.24, 2.45) is 0 Å². The maximum atomic E-state index is 12.7. The van der Waals surface area contributed by atoms with Crippen LogP contribution in [0.5, 0.6) is 0 Å². The van der Waals surface area contributed by atoms with E-state index in [0.29, 0.717) is 5.56 Å². The molecule has 0 spiro atoms. The summed E-state index contributed by atoms with van der Waals surface area (Å²) in [5, 5.41) is 0. The first-order chi connectivity index (χ1) is 11.4. The first-order valence-corrected chi connectivity index (χ1v) is 9.20. The summed E-state index contributed by atoms with van der Waals surface area (Å²) in [4.78, 5) is 12.7. The standard InChI is InChI=1S/C21H25BrO2/c1-5-20(3,17-10-8-7-9-11-17)21(4,6-2)24-19(23)16-12-14-18(22)15-13-16/h7-15H,5-6H2,1-4H3/t20-,21+/m0/s1. The summed E-state index contributed by atoms with van der Waals surface area (Å²) >= 11 is 3.39. The van der Waals surface area contributed by atoms with Gasteiger partial charge in [0.15, 0.2) is 0 Å². The van der Waals surface area contributed by atoms with Crippen molar-refractivity contribution in [2.45, 2.75) is 51.6 Å². The maximum absolute atomic E-state index is 12.7. The molecule has 0 radical (unpaired) electrons. The SMILES string of the molecule is CC[C@@](C)(OC(=O)c1ccc(Br)cc1)[C@@](C)(CC)c1ccccc1. The number of carbonyl (C=O) groups is 1. The summed E-state index contributed by atoms with van der Waals surface area (Å²) in [6, 6.07) is 17.6. The van der Waals surface area contributed by atoms with Crippen LogP contribution in [0.1, 0.15) is 56.5 Å². The highest BCUT2D eigenvalue weighted by atomic mass is 79.9. The van der Waals surface area contributed by atoms with Gasteiger partial charge in [0.05, 0.1) is 5.56 Å². The van der Waals surface area contributed by atoms with Gasteiger partial charge in [-0.05, 0) is 49.6 Å². The zero-order valence-corrected chi connectivity index (χ0v) is 16.4. The summed E-state index contributed by atoms with van der Waals surface area (Å²) in [5.41, 5.74) is 0.922. The highest BCUT2D eigenvalue weighted by Gasteiger charge is 2.46. The van der Waals surface area contributed by atoms with Crippen molar-refractivity contribution in [2.75, 3.05) is 0 Å². The van der Waals surface area contributed by atoms with Crippen LogP contribution in [0, 0.1) is 0 Å². The average Bonchev–Trinajstić information content (AvgIpc) is 2.62. The molecule has 2 nitrogen and oxygen atoms in total. The number of carbonyl (C=O) groups excluding carboxylic acids is 1. The lowest BCUT2D eigenvalue weighted by Crippen LogP contribution is -2.50. The molecule has 0 aromatic heterocycles. The van der Waals surface area contributed by atoms with Crippen LogP contribution in [0.25, 0.3) is 0 Å². The van der Waals surface area contributed by atoms with Gasteiger partial charge in [-0.1, -0.05) is 67.0 Å². The van der Waals surface area contributed by atoms with Crippen molar-refractivity contribution >= 4 is 21.9 Å². The van der Waals surface area contributed by atoms with Gasteiger partial charge in [-0.25, -0.2) is 4.79 Å². The molecule has 0 aliphatic rings. The lowest BCUT2D eigenvalue weighted by Gasteiger charge is -2.45. The molecule has 0 N–H and O–H groups in total. The fourth-order valence-electron chi connectivity index (χ4n) is 3.11. The van der Waals surface area contributed by atoms with Gasteiger partial charge in [0.1, 0.15) is 5.60 Å². The first kappa shape index (κ1) is 18.7. The van der Waals surface area contributed by atoms with E-state index in [1.807, 2.05) is 37.3 Å². The van der Waals surface area contributed by atoms with Crippen LogP contribution >= 0.6 is 15.9 Å². The number of esters is 1. The third kappa shape index (κ3) is 3.56. The smallest absolute Gasteiger partial charge is 0.338 e. The van der Waals surface area contributed by atoms with Gasteiger partial charge in [0.25, 0.3) is 0 Å². The van der Waals surface area contributed by atoms with Crippen LogP contribution in [-0.4, -0.2) is 11.6 Å². The van der Waals surface area contributed by atoms with Crippen LogP contribution < -0.4 is 0 Å². The number of halogens is 1. The first-order valence-electron chi connectivity index (χ1n) is 8.40. The third-order valence-corrected chi connectivity index (χ3v) is 5.89. The minimum Gasteiger partial charge on any atom is -0.455 e. The second-order valence-electron chi connectivity index (χ2n) is 6.53. The van der Waals surface area contributed by atoms with Gasteiger partial charge in [0.2, 0.25) is 0 Å². The van der Waals surface area contributed by atoms with Crippen molar-refractivity contribution < 1.29 is 9.53 Å². The van der Waals surface area contributed by atoms with Crippen molar-refractivity contribution in [3.63, 3.8) is 0 Å². The lowest BCUT2D eigenvalue weighted by molar-refractivity contribution is -0.0540. The zero-order valence-electron chi connectivity index (χ0n) is 14.8. The van der Waals surface area contributed by atoms with E-state index in [1.165, 1.54) is 5.56 Å². The second-order valence-corrected chi connectivity index (χ2v) is 7.45. The van der Waals surface area contributed by atoms with Crippen LogP contribution in [0.3, 0.4) is 0 Å². The second kappa shape index (κ2) is 7.52. The summed E-state index contributed by atoms with van der Waals surface area (Å²) < 4.78 is 7.01. The Labute approximate surface area is 153 Å². The van der Waals surface area contributed by atoms with E-state index in [2.05, 4.69) is 48.8 Å². The van der Waals surface area contributed by atoms with Crippen LogP contribution in [0.4, 0.5) is 0 Å². The van der Waals surface area contributed by atoms with E-state index < -0.39 is 5.60 Å². The topological polar surface area (TPSA) is 26.3 Å². The Balaban J connectivity index is 2.35. The molecule has 0 heterocycles. The number of benzene rings is 2. The quantitative estimate of drug-likeness (QED) is 0.555. The summed E-state index contributed by atoms with van der Waals surface area (Å²) in [6.45, 7) is 8.45. The highest BCUT2D eigenvalue weighted by molar-refractivity contribution is 9.10. The number of ether oxygens (including phenoxy) is 1. The number of hydrogen-bond donors (Lipinski definition) is 0. The summed E-state index contributed by atoms with van der Waals surface area (Å²) in [7, 11) is 0. The molecule has 0 unspecified atom stereocenters. The molecule has 2 aromatic rings. The molecule has 2 atom stereocenters. The van der Waals surface area contributed by atoms with E-state index in [0.717, 1.165) is 17.3 Å². The molecule has 2 rings (SSSR count). The molecular weight excluding hydrogens is 364 g/mol. The average molecular weight is 389 g/mol. The molecule has 0 aliphatic carbocycles. The van der Waals surface area contributed by atoms with Crippen LogP contribution in [-0.2, 0) is 10.2 Å². The van der Waals surface area contributed by atoms with Crippen LogP contribution in [0.2, 0.25) is 0 Å². The van der Waals surface area contributed by atoms with Gasteiger partial charge in [-0.2, -0.15) is 0 Å². The molecule has 0 saturated heterocycles. The molecule has 3 heteroatoms. The fourth-order valence-corrected chi connectivity index (χ4v) is 3.38. The molecule has 0 saturated carbocycles. The Morgan fingerprint density at radius 3 is 2.04 bits per heavy atom. The summed E-state index contributed by atoms with van der Waals surface area (Å²) in [5.74, 6) is -0.276. The number of rotatable bonds is 6.